The van der Waals surface area contributed by atoms with E-state index in [1.54, 1.807) is 18.2 Å². The van der Waals surface area contributed by atoms with Gasteiger partial charge >= 0.3 is 0 Å². The highest BCUT2D eigenvalue weighted by Gasteiger charge is 2.24. The molecular weight excluding hydrogens is 270 g/mol. The van der Waals surface area contributed by atoms with Crippen LogP contribution in [0.25, 0.3) is 0 Å². The first-order chi connectivity index (χ1) is 9.47. The zero-order chi connectivity index (χ0) is 14.7. The van der Waals surface area contributed by atoms with E-state index < -0.39 is 0 Å². The number of carbonyl (C=O) groups is 1. The molecule has 1 saturated heterocycles. The van der Waals surface area contributed by atoms with Gasteiger partial charge in [-0.05, 0) is 38.9 Å². The van der Waals surface area contributed by atoms with Gasteiger partial charge in [0.15, 0.2) is 0 Å². The van der Waals surface area contributed by atoms with Crippen molar-refractivity contribution in [1.82, 2.24) is 10.2 Å². The average Bonchev–Trinajstić information content (AvgIpc) is 2.43. The summed E-state index contributed by atoms with van der Waals surface area (Å²) in [5.74, 6) is -0.0511. The van der Waals surface area contributed by atoms with Crippen molar-refractivity contribution in [3.63, 3.8) is 0 Å². The Hall–Kier alpha value is -1.46. The molecule has 2 unspecified atom stereocenters. The van der Waals surface area contributed by atoms with Gasteiger partial charge in [-0.15, -0.1) is 0 Å². The smallest absolute Gasteiger partial charge is 0.251 e. The van der Waals surface area contributed by atoms with Crippen molar-refractivity contribution >= 4 is 23.1 Å². The first kappa shape index (κ1) is 14.9. The Labute approximate surface area is 125 Å². The monoisotopic (exact) mass is 291 g/mol. The summed E-state index contributed by atoms with van der Waals surface area (Å²) in [7, 11) is 2.12. The van der Waals surface area contributed by atoms with E-state index in [-0.39, 0.29) is 11.9 Å². The number of hydrogen-bond acceptors (Lipinski definition) is 3. The van der Waals surface area contributed by atoms with Gasteiger partial charge in [0.05, 0.1) is 0 Å². The van der Waals surface area contributed by atoms with Crippen molar-refractivity contribution in [2.24, 2.45) is 5.73 Å². The SMILES string of the molecule is CC1CC(NC(=O)c2cccc(C(N)=S)c2)CCN1C. The van der Waals surface area contributed by atoms with Crippen molar-refractivity contribution in [1.29, 1.82) is 0 Å². The van der Waals surface area contributed by atoms with Crippen LogP contribution in [0, 0.1) is 0 Å². The van der Waals surface area contributed by atoms with Crippen LogP contribution in [0.4, 0.5) is 0 Å². The molecule has 2 rings (SSSR count). The van der Waals surface area contributed by atoms with Crippen LogP contribution in [-0.2, 0) is 0 Å². The standard InChI is InChI=1S/C15H21N3OS/c1-10-8-13(6-7-18(10)2)17-15(19)12-5-3-4-11(9-12)14(16)20/h3-5,9-10,13H,6-8H2,1-2H3,(H2,16,20)(H,17,19). The van der Waals surface area contributed by atoms with Crippen molar-refractivity contribution in [3.05, 3.63) is 35.4 Å². The summed E-state index contributed by atoms with van der Waals surface area (Å²) in [6.45, 7) is 3.20. The molecule has 0 spiro atoms. The third-order valence-electron chi connectivity index (χ3n) is 3.95. The van der Waals surface area contributed by atoms with Gasteiger partial charge in [0.25, 0.3) is 5.91 Å². The molecule has 1 aliphatic heterocycles. The maximum Gasteiger partial charge on any atom is 0.251 e. The predicted octanol–water partition coefficient (Wildman–Crippen LogP) is 1.53. The number of carbonyl (C=O) groups excluding carboxylic acids is 1. The van der Waals surface area contributed by atoms with Gasteiger partial charge in [0.1, 0.15) is 4.99 Å². The van der Waals surface area contributed by atoms with Gasteiger partial charge in [0.2, 0.25) is 0 Å². The Morgan fingerprint density at radius 3 is 2.80 bits per heavy atom. The fourth-order valence-corrected chi connectivity index (χ4v) is 2.63. The predicted molar refractivity (Wildman–Crippen MR) is 84.9 cm³/mol. The molecule has 5 heteroatoms. The number of likely N-dealkylation sites (tertiary alicyclic amines) is 1. The van der Waals surface area contributed by atoms with E-state index in [9.17, 15) is 4.79 Å². The van der Waals surface area contributed by atoms with E-state index >= 15 is 0 Å². The molecule has 2 atom stereocenters. The Bertz CT molecular complexity index is 518. The van der Waals surface area contributed by atoms with Crippen molar-refractivity contribution < 1.29 is 4.79 Å². The highest BCUT2D eigenvalue weighted by molar-refractivity contribution is 7.80. The third-order valence-corrected chi connectivity index (χ3v) is 4.19. The number of amides is 1. The minimum Gasteiger partial charge on any atom is -0.389 e. The maximum absolute atomic E-state index is 12.3. The van der Waals surface area contributed by atoms with Crippen LogP contribution < -0.4 is 11.1 Å². The van der Waals surface area contributed by atoms with Crippen LogP contribution in [0.15, 0.2) is 24.3 Å². The Balaban J connectivity index is 2.01. The van der Waals surface area contributed by atoms with E-state index in [4.69, 9.17) is 18.0 Å². The highest BCUT2D eigenvalue weighted by atomic mass is 32.1. The zero-order valence-electron chi connectivity index (χ0n) is 11.9. The molecule has 4 nitrogen and oxygen atoms in total. The second-order valence-electron chi connectivity index (χ2n) is 5.47. The summed E-state index contributed by atoms with van der Waals surface area (Å²) >= 11 is 4.94. The summed E-state index contributed by atoms with van der Waals surface area (Å²) in [5.41, 5.74) is 6.93. The van der Waals surface area contributed by atoms with E-state index in [1.807, 2.05) is 6.07 Å². The number of nitrogens with two attached hydrogens (primary N) is 1. The molecule has 0 saturated carbocycles. The topological polar surface area (TPSA) is 58.4 Å². The lowest BCUT2D eigenvalue weighted by molar-refractivity contribution is 0.0896. The van der Waals surface area contributed by atoms with Crippen molar-refractivity contribution in [3.8, 4) is 0 Å². The quantitative estimate of drug-likeness (QED) is 0.829. The minimum atomic E-state index is -0.0511. The molecule has 1 heterocycles. The van der Waals surface area contributed by atoms with Crippen LogP contribution in [0.2, 0.25) is 0 Å². The second-order valence-corrected chi connectivity index (χ2v) is 5.91. The summed E-state index contributed by atoms with van der Waals surface area (Å²) in [6, 6.07) is 7.89. The molecule has 0 bridgehead atoms. The summed E-state index contributed by atoms with van der Waals surface area (Å²) in [4.78, 5) is 14.9. The number of nitrogens with zero attached hydrogens (tertiary/aromatic N) is 1. The van der Waals surface area contributed by atoms with E-state index in [2.05, 4.69) is 24.2 Å². The van der Waals surface area contributed by atoms with Crippen molar-refractivity contribution in [2.45, 2.75) is 31.8 Å². The van der Waals surface area contributed by atoms with Crippen LogP contribution in [0.1, 0.15) is 35.7 Å². The minimum absolute atomic E-state index is 0.0511. The molecule has 1 aromatic rings. The van der Waals surface area contributed by atoms with E-state index in [1.165, 1.54) is 0 Å². The molecule has 1 fully saturated rings. The fourth-order valence-electron chi connectivity index (χ4n) is 2.50. The largest absolute Gasteiger partial charge is 0.389 e. The van der Waals surface area contributed by atoms with Crippen LogP contribution in [0.3, 0.4) is 0 Å². The van der Waals surface area contributed by atoms with Gasteiger partial charge in [0, 0.05) is 29.8 Å². The molecule has 108 valence electrons. The fraction of sp³-hybridized carbons (Fsp3) is 0.467. The Morgan fingerprint density at radius 1 is 1.45 bits per heavy atom. The van der Waals surface area contributed by atoms with Gasteiger partial charge in [-0.25, -0.2) is 0 Å². The zero-order valence-corrected chi connectivity index (χ0v) is 12.7. The molecule has 0 aliphatic carbocycles. The van der Waals surface area contributed by atoms with E-state index in [0.29, 0.717) is 16.6 Å². The van der Waals surface area contributed by atoms with Crippen LogP contribution in [0.5, 0.6) is 0 Å². The number of nitrogens with one attached hydrogen (secondary N) is 1. The second kappa shape index (κ2) is 6.33. The lowest BCUT2D eigenvalue weighted by Gasteiger charge is -2.35. The van der Waals surface area contributed by atoms with Crippen molar-refractivity contribution in [2.75, 3.05) is 13.6 Å². The number of thiocarbonyl (C=S) groups is 1. The third kappa shape index (κ3) is 3.55. The molecule has 1 aromatic carbocycles. The van der Waals surface area contributed by atoms with Gasteiger partial charge in [-0.2, -0.15) is 0 Å². The normalized spacial score (nSPS) is 23.3. The molecule has 1 amide bonds. The molecular formula is C15H21N3OS. The van der Waals surface area contributed by atoms with Gasteiger partial charge in [-0.3, -0.25) is 4.79 Å². The van der Waals surface area contributed by atoms with Gasteiger partial charge < -0.3 is 16.0 Å². The number of rotatable bonds is 3. The average molecular weight is 291 g/mol. The van der Waals surface area contributed by atoms with Crippen LogP contribution in [-0.4, -0.2) is 41.5 Å². The van der Waals surface area contributed by atoms with E-state index in [0.717, 1.165) is 24.9 Å². The number of benzene rings is 1. The highest BCUT2D eigenvalue weighted by Crippen LogP contribution is 2.16. The molecule has 1 aliphatic rings. The maximum atomic E-state index is 12.3. The number of piperidine rings is 1. The first-order valence-electron chi connectivity index (χ1n) is 6.88. The molecule has 20 heavy (non-hydrogen) atoms. The summed E-state index contributed by atoms with van der Waals surface area (Å²) in [6.07, 6.45) is 1.97. The molecule has 0 radical (unpaired) electrons. The van der Waals surface area contributed by atoms with Gasteiger partial charge in [-0.1, -0.05) is 24.4 Å². The first-order valence-corrected chi connectivity index (χ1v) is 7.29. The molecule has 0 aromatic heterocycles. The molecule has 3 N–H and O–H groups in total. The lowest BCUT2D eigenvalue weighted by Crippen LogP contribution is -2.47. The number of hydrogen-bond donors (Lipinski definition) is 2. The Morgan fingerprint density at radius 2 is 2.15 bits per heavy atom. The summed E-state index contributed by atoms with van der Waals surface area (Å²) in [5, 5.41) is 3.10. The lowest BCUT2D eigenvalue weighted by atomic mass is 9.98. The van der Waals surface area contributed by atoms with Crippen LogP contribution >= 0.6 is 12.2 Å². The summed E-state index contributed by atoms with van der Waals surface area (Å²) < 4.78 is 0. The Kier molecular flexibility index (Phi) is 4.73.